The lowest BCUT2D eigenvalue weighted by atomic mass is 10.1. The van der Waals surface area contributed by atoms with Crippen molar-refractivity contribution in [1.82, 2.24) is 4.90 Å². The Morgan fingerprint density at radius 3 is 2.41 bits per heavy atom. The lowest BCUT2D eigenvalue weighted by Crippen LogP contribution is -2.38. The minimum absolute atomic E-state index is 0.108. The molecule has 1 nitrogen and oxygen atoms in total. The van der Waals surface area contributed by atoms with Crippen LogP contribution >= 0.6 is 15.9 Å². The molecule has 0 spiro atoms. The highest BCUT2D eigenvalue weighted by Crippen LogP contribution is 2.28. The lowest BCUT2D eigenvalue weighted by molar-refractivity contribution is -0.0566. The molecule has 1 aromatic carbocycles. The van der Waals surface area contributed by atoms with Crippen LogP contribution in [0.4, 0.5) is 13.2 Å². The molecule has 0 radical (unpaired) electrons. The van der Waals surface area contributed by atoms with Crippen molar-refractivity contribution in [3.05, 3.63) is 34.1 Å². The monoisotopic (exact) mass is 307 g/mol. The van der Waals surface area contributed by atoms with Gasteiger partial charge in [-0.1, -0.05) is 15.9 Å². The quantitative estimate of drug-likeness (QED) is 0.803. The van der Waals surface area contributed by atoms with Gasteiger partial charge in [0.15, 0.2) is 0 Å². The van der Waals surface area contributed by atoms with E-state index in [1.165, 1.54) is 12.1 Å². The van der Waals surface area contributed by atoms with Gasteiger partial charge in [-0.25, -0.2) is 13.2 Å². The van der Waals surface area contributed by atoms with Crippen molar-refractivity contribution in [2.24, 2.45) is 0 Å². The minimum atomic E-state index is -2.53. The van der Waals surface area contributed by atoms with Gasteiger partial charge in [0.2, 0.25) is 0 Å². The number of halogens is 4. The third-order valence-electron chi connectivity index (χ3n) is 2.92. The highest BCUT2D eigenvalue weighted by molar-refractivity contribution is 9.10. The molecule has 0 N–H and O–H groups in total. The van der Waals surface area contributed by atoms with Crippen molar-refractivity contribution in [2.45, 2.75) is 25.3 Å². The van der Waals surface area contributed by atoms with Gasteiger partial charge in [-0.2, -0.15) is 0 Å². The Morgan fingerprint density at radius 1 is 1.18 bits per heavy atom. The van der Waals surface area contributed by atoms with E-state index in [0.29, 0.717) is 24.1 Å². The highest BCUT2D eigenvalue weighted by Gasteiger charge is 2.33. The molecule has 0 unspecified atom stereocenters. The number of likely N-dealkylation sites (tertiary alicyclic amines) is 1. The second-order valence-electron chi connectivity index (χ2n) is 4.41. The zero-order chi connectivity index (χ0) is 12.5. The summed E-state index contributed by atoms with van der Waals surface area (Å²) in [4.78, 5) is 1.93. The Bertz CT molecular complexity index is 378. The van der Waals surface area contributed by atoms with Gasteiger partial charge in [0.25, 0.3) is 5.92 Å². The van der Waals surface area contributed by atoms with E-state index in [0.717, 1.165) is 5.56 Å². The second-order valence-corrected chi connectivity index (χ2v) is 5.33. The molecule has 0 saturated carbocycles. The summed E-state index contributed by atoms with van der Waals surface area (Å²) in [6.07, 6.45) is -0.215. The van der Waals surface area contributed by atoms with Gasteiger partial charge in [0, 0.05) is 36.9 Å². The molecular weight excluding hydrogens is 295 g/mol. The minimum Gasteiger partial charge on any atom is -0.299 e. The smallest absolute Gasteiger partial charge is 0.250 e. The number of benzene rings is 1. The van der Waals surface area contributed by atoms with Gasteiger partial charge in [0.1, 0.15) is 5.82 Å². The maximum atomic E-state index is 13.1. The molecule has 5 heteroatoms. The first kappa shape index (κ1) is 12.9. The topological polar surface area (TPSA) is 3.24 Å². The summed E-state index contributed by atoms with van der Waals surface area (Å²) < 4.78 is 39.7. The van der Waals surface area contributed by atoms with E-state index >= 15 is 0 Å². The van der Waals surface area contributed by atoms with Crippen LogP contribution < -0.4 is 0 Å². The standard InChI is InChI=1S/C12H13BrF3N/c13-10-5-9(6-11(14)7-10)8-17-3-1-12(15,16)2-4-17/h5-7H,1-4,8H2. The number of rotatable bonds is 2. The Balaban J connectivity index is 1.97. The Morgan fingerprint density at radius 2 is 1.82 bits per heavy atom. The average Bonchev–Trinajstić information content (AvgIpc) is 2.20. The molecule has 1 saturated heterocycles. The van der Waals surface area contributed by atoms with Crippen LogP contribution in [0.1, 0.15) is 18.4 Å². The maximum absolute atomic E-state index is 13.1. The predicted molar refractivity (Wildman–Crippen MR) is 63.6 cm³/mol. The van der Waals surface area contributed by atoms with Gasteiger partial charge in [-0.05, 0) is 23.8 Å². The SMILES string of the molecule is Fc1cc(Br)cc(CN2CCC(F)(F)CC2)c1. The van der Waals surface area contributed by atoms with Crippen LogP contribution in [0.25, 0.3) is 0 Å². The van der Waals surface area contributed by atoms with E-state index in [4.69, 9.17) is 0 Å². The maximum Gasteiger partial charge on any atom is 0.250 e. The van der Waals surface area contributed by atoms with E-state index in [1.54, 1.807) is 0 Å². The molecular formula is C12H13BrF3N. The third-order valence-corrected chi connectivity index (χ3v) is 3.37. The number of hydrogen-bond donors (Lipinski definition) is 0. The summed E-state index contributed by atoms with van der Waals surface area (Å²) >= 11 is 3.22. The van der Waals surface area contributed by atoms with Gasteiger partial charge in [-0.3, -0.25) is 4.90 Å². The van der Waals surface area contributed by atoms with Crippen molar-refractivity contribution in [2.75, 3.05) is 13.1 Å². The van der Waals surface area contributed by atoms with E-state index in [9.17, 15) is 13.2 Å². The molecule has 17 heavy (non-hydrogen) atoms. The summed E-state index contributed by atoms with van der Waals surface area (Å²) in [5.74, 6) is -2.84. The molecule has 0 atom stereocenters. The van der Waals surface area contributed by atoms with Crippen LogP contribution in [0.15, 0.2) is 22.7 Å². The van der Waals surface area contributed by atoms with Gasteiger partial charge >= 0.3 is 0 Å². The molecule has 1 heterocycles. The Kier molecular flexibility index (Phi) is 3.78. The molecule has 0 aliphatic carbocycles. The van der Waals surface area contributed by atoms with Crippen LogP contribution in [0.3, 0.4) is 0 Å². The van der Waals surface area contributed by atoms with Gasteiger partial charge in [-0.15, -0.1) is 0 Å². The average molecular weight is 308 g/mol. The summed E-state index contributed by atoms with van der Waals surface area (Å²) in [5, 5.41) is 0. The molecule has 0 bridgehead atoms. The van der Waals surface area contributed by atoms with Crippen molar-refractivity contribution < 1.29 is 13.2 Å². The van der Waals surface area contributed by atoms with Crippen LogP contribution in [0.2, 0.25) is 0 Å². The van der Waals surface area contributed by atoms with Crippen LogP contribution in [0, 0.1) is 5.82 Å². The number of nitrogens with zero attached hydrogens (tertiary/aromatic N) is 1. The first-order valence-corrected chi connectivity index (χ1v) is 6.29. The Hall–Kier alpha value is -0.550. The van der Waals surface area contributed by atoms with Crippen LogP contribution in [0.5, 0.6) is 0 Å². The molecule has 1 aliphatic rings. The van der Waals surface area contributed by atoms with E-state index in [2.05, 4.69) is 15.9 Å². The zero-order valence-corrected chi connectivity index (χ0v) is 10.8. The molecule has 0 aromatic heterocycles. The second kappa shape index (κ2) is 4.98. The van der Waals surface area contributed by atoms with Crippen molar-refractivity contribution in [1.29, 1.82) is 0 Å². The highest BCUT2D eigenvalue weighted by atomic mass is 79.9. The fourth-order valence-electron chi connectivity index (χ4n) is 2.00. The van der Waals surface area contributed by atoms with Gasteiger partial charge in [0.05, 0.1) is 0 Å². The first-order valence-electron chi connectivity index (χ1n) is 5.50. The molecule has 1 aromatic rings. The predicted octanol–water partition coefficient (Wildman–Crippen LogP) is 3.82. The first-order chi connectivity index (χ1) is 7.94. The molecule has 2 rings (SSSR count). The molecule has 94 valence electrons. The van der Waals surface area contributed by atoms with Crippen molar-refractivity contribution in [3.63, 3.8) is 0 Å². The number of alkyl halides is 2. The summed E-state index contributed by atoms with van der Waals surface area (Å²) in [7, 11) is 0. The van der Waals surface area contributed by atoms with E-state index in [1.807, 2.05) is 11.0 Å². The van der Waals surface area contributed by atoms with Crippen molar-refractivity contribution in [3.8, 4) is 0 Å². The summed E-state index contributed by atoms with van der Waals surface area (Å²) in [6, 6.07) is 4.64. The van der Waals surface area contributed by atoms with E-state index in [-0.39, 0.29) is 18.7 Å². The largest absolute Gasteiger partial charge is 0.299 e. The lowest BCUT2D eigenvalue weighted by Gasteiger charge is -2.31. The molecule has 1 fully saturated rings. The number of piperidine rings is 1. The normalized spacial score (nSPS) is 20.5. The molecule has 0 amide bonds. The zero-order valence-electron chi connectivity index (χ0n) is 9.23. The summed E-state index contributed by atoms with van der Waals surface area (Å²) in [5.41, 5.74) is 0.807. The number of hydrogen-bond acceptors (Lipinski definition) is 1. The Labute approximate surface area is 107 Å². The van der Waals surface area contributed by atoms with E-state index < -0.39 is 5.92 Å². The van der Waals surface area contributed by atoms with Crippen molar-refractivity contribution >= 4 is 15.9 Å². The fourth-order valence-corrected chi connectivity index (χ4v) is 2.51. The fraction of sp³-hybridized carbons (Fsp3) is 0.500. The summed E-state index contributed by atoms with van der Waals surface area (Å²) in [6.45, 7) is 1.24. The van der Waals surface area contributed by atoms with Crippen LogP contribution in [-0.4, -0.2) is 23.9 Å². The van der Waals surface area contributed by atoms with Crippen LogP contribution in [-0.2, 0) is 6.54 Å². The molecule has 1 aliphatic heterocycles. The third kappa shape index (κ3) is 3.71. The van der Waals surface area contributed by atoms with Gasteiger partial charge < -0.3 is 0 Å².